The second kappa shape index (κ2) is 7.59. The molecule has 29 heavy (non-hydrogen) atoms. The first-order chi connectivity index (χ1) is 13.9. The van der Waals surface area contributed by atoms with Gasteiger partial charge in [-0.1, -0.05) is 0 Å². The van der Waals surface area contributed by atoms with Crippen molar-refractivity contribution in [1.29, 1.82) is 0 Å². The zero-order valence-corrected chi connectivity index (χ0v) is 17.5. The van der Waals surface area contributed by atoms with Gasteiger partial charge in [-0.25, -0.2) is 9.97 Å². The number of hydrogen-bond acceptors (Lipinski definition) is 6. The third-order valence-corrected chi connectivity index (χ3v) is 6.06. The van der Waals surface area contributed by atoms with Gasteiger partial charge in [0.25, 0.3) is 11.5 Å². The number of pyridine rings is 1. The predicted octanol–water partition coefficient (Wildman–Crippen LogP) is 1.46. The molecule has 1 saturated heterocycles. The summed E-state index contributed by atoms with van der Waals surface area (Å²) in [5.41, 5.74) is 3.50. The third-order valence-electron chi connectivity index (χ3n) is 6.06. The van der Waals surface area contributed by atoms with Crippen molar-refractivity contribution in [2.45, 2.75) is 45.7 Å². The predicted molar refractivity (Wildman–Crippen MR) is 111 cm³/mol. The Hall–Kier alpha value is -2.74. The summed E-state index contributed by atoms with van der Waals surface area (Å²) in [6.07, 6.45) is 2.80. The van der Waals surface area contributed by atoms with Gasteiger partial charge in [0.1, 0.15) is 17.2 Å². The van der Waals surface area contributed by atoms with Gasteiger partial charge in [-0.15, -0.1) is 0 Å². The Morgan fingerprint density at radius 3 is 2.79 bits per heavy atom. The lowest BCUT2D eigenvalue weighted by molar-refractivity contribution is 0.0728. The number of carbonyl (C=O) groups is 1. The van der Waals surface area contributed by atoms with Crippen molar-refractivity contribution in [2.75, 3.05) is 25.5 Å². The van der Waals surface area contributed by atoms with Crippen LogP contribution in [0.5, 0.6) is 0 Å². The molecule has 1 atom stereocenters. The zero-order chi connectivity index (χ0) is 20.7. The number of nitrogens with one attached hydrogen (secondary N) is 2. The summed E-state index contributed by atoms with van der Waals surface area (Å²) in [5, 5.41) is 6.63. The van der Waals surface area contributed by atoms with Crippen molar-refractivity contribution < 1.29 is 4.79 Å². The third kappa shape index (κ3) is 3.42. The van der Waals surface area contributed by atoms with Crippen LogP contribution in [0.3, 0.4) is 0 Å². The number of aromatic nitrogens is 3. The molecule has 2 N–H and O–H groups in total. The Morgan fingerprint density at radius 1 is 1.31 bits per heavy atom. The molecule has 8 heteroatoms. The summed E-state index contributed by atoms with van der Waals surface area (Å²) in [5.74, 6) is 1.40. The molecule has 2 aliphatic heterocycles. The monoisotopic (exact) mass is 396 g/mol. The molecule has 0 spiro atoms. The molecular weight excluding hydrogens is 368 g/mol. The number of nitrogens with zero attached hydrogens (tertiary/aromatic N) is 4. The minimum absolute atomic E-state index is 0.158. The molecule has 0 unspecified atom stereocenters. The maximum atomic E-state index is 13.3. The standard InChI is InChI=1S/C21H28N6O2/c1-12-10-13(2)26(4)20(28)17(12)21(29)27-9-7-14-16(11-27)24-19(25-18(14)22-3)15-6-5-8-23-15/h10,15,23H,5-9,11H2,1-4H3,(H,22,24,25)/t15-/m1/s1. The molecule has 154 valence electrons. The van der Waals surface area contributed by atoms with E-state index in [4.69, 9.17) is 9.97 Å². The van der Waals surface area contributed by atoms with Crippen LogP contribution in [0.1, 0.15) is 57.6 Å². The van der Waals surface area contributed by atoms with E-state index in [1.165, 1.54) is 4.57 Å². The smallest absolute Gasteiger partial charge is 0.263 e. The van der Waals surface area contributed by atoms with Crippen LogP contribution < -0.4 is 16.2 Å². The summed E-state index contributed by atoms with van der Waals surface area (Å²) in [6, 6.07) is 2.04. The van der Waals surface area contributed by atoms with Gasteiger partial charge in [-0.3, -0.25) is 9.59 Å². The molecule has 1 fully saturated rings. The fraction of sp³-hybridized carbons (Fsp3) is 0.524. The molecule has 0 radical (unpaired) electrons. The van der Waals surface area contributed by atoms with Crippen LogP contribution in [0.15, 0.2) is 10.9 Å². The van der Waals surface area contributed by atoms with E-state index < -0.39 is 0 Å². The van der Waals surface area contributed by atoms with E-state index in [-0.39, 0.29) is 23.1 Å². The fourth-order valence-corrected chi connectivity index (χ4v) is 4.29. The Morgan fingerprint density at radius 2 is 2.10 bits per heavy atom. The number of hydrogen-bond donors (Lipinski definition) is 2. The summed E-state index contributed by atoms with van der Waals surface area (Å²) < 4.78 is 1.53. The average molecular weight is 396 g/mol. The van der Waals surface area contributed by atoms with Gasteiger partial charge in [0, 0.05) is 31.9 Å². The summed E-state index contributed by atoms with van der Waals surface area (Å²) in [7, 11) is 3.57. The lowest BCUT2D eigenvalue weighted by Gasteiger charge is -2.30. The molecular formula is C21H28N6O2. The van der Waals surface area contributed by atoms with Crippen LogP contribution in [0.25, 0.3) is 0 Å². The van der Waals surface area contributed by atoms with Crippen molar-refractivity contribution in [2.24, 2.45) is 7.05 Å². The van der Waals surface area contributed by atoms with E-state index in [0.717, 1.165) is 53.5 Å². The molecule has 0 bridgehead atoms. The molecule has 0 aromatic carbocycles. The van der Waals surface area contributed by atoms with Gasteiger partial charge in [0.2, 0.25) is 0 Å². The first-order valence-corrected chi connectivity index (χ1v) is 10.2. The van der Waals surface area contributed by atoms with Crippen molar-refractivity contribution in [3.05, 3.63) is 50.3 Å². The van der Waals surface area contributed by atoms with Gasteiger partial charge in [0.15, 0.2) is 0 Å². The van der Waals surface area contributed by atoms with Gasteiger partial charge < -0.3 is 20.1 Å². The first kappa shape index (κ1) is 19.6. The largest absolute Gasteiger partial charge is 0.373 e. The Labute approximate surface area is 170 Å². The SMILES string of the molecule is CNc1nc([C@H]2CCCN2)nc2c1CCN(C(=O)c1c(C)cc(C)n(C)c1=O)C2. The quantitative estimate of drug-likeness (QED) is 0.816. The topological polar surface area (TPSA) is 92.2 Å². The number of amides is 1. The van der Waals surface area contributed by atoms with Crippen LogP contribution in [-0.2, 0) is 20.0 Å². The van der Waals surface area contributed by atoms with Crippen molar-refractivity contribution in [3.63, 3.8) is 0 Å². The lowest BCUT2D eigenvalue weighted by atomic mass is 10.0. The van der Waals surface area contributed by atoms with Crippen LogP contribution in [0, 0.1) is 13.8 Å². The minimum atomic E-state index is -0.243. The van der Waals surface area contributed by atoms with E-state index in [1.54, 1.807) is 11.9 Å². The Balaban J connectivity index is 1.68. The highest BCUT2D eigenvalue weighted by molar-refractivity contribution is 5.95. The summed E-state index contributed by atoms with van der Waals surface area (Å²) in [4.78, 5) is 37.3. The lowest BCUT2D eigenvalue weighted by Crippen LogP contribution is -2.41. The maximum Gasteiger partial charge on any atom is 0.263 e. The highest BCUT2D eigenvalue weighted by Crippen LogP contribution is 2.28. The molecule has 8 nitrogen and oxygen atoms in total. The van der Waals surface area contributed by atoms with Crippen LogP contribution in [0.2, 0.25) is 0 Å². The van der Waals surface area contributed by atoms with Crippen LogP contribution in [0.4, 0.5) is 5.82 Å². The van der Waals surface area contributed by atoms with Crippen molar-refractivity contribution in [1.82, 2.24) is 24.8 Å². The van der Waals surface area contributed by atoms with Gasteiger partial charge in [0.05, 0.1) is 18.3 Å². The highest BCUT2D eigenvalue weighted by atomic mass is 16.2. The average Bonchev–Trinajstić information content (AvgIpc) is 3.25. The van der Waals surface area contributed by atoms with Gasteiger partial charge in [-0.2, -0.15) is 0 Å². The van der Waals surface area contributed by atoms with E-state index in [9.17, 15) is 9.59 Å². The second-order valence-corrected chi connectivity index (χ2v) is 7.94. The van der Waals surface area contributed by atoms with Gasteiger partial charge in [-0.05, 0) is 51.3 Å². The molecule has 1 amide bonds. The number of carbonyl (C=O) groups excluding carboxylic acids is 1. The summed E-state index contributed by atoms with van der Waals surface area (Å²) >= 11 is 0. The normalized spacial score (nSPS) is 18.6. The molecule has 0 aliphatic carbocycles. The number of anilines is 1. The fourth-order valence-electron chi connectivity index (χ4n) is 4.29. The number of rotatable bonds is 3. The van der Waals surface area contributed by atoms with E-state index in [1.807, 2.05) is 27.0 Å². The number of fused-ring (bicyclic) bond motifs is 1. The van der Waals surface area contributed by atoms with Crippen LogP contribution in [-0.4, -0.2) is 45.5 Å². The Bertz CT molecular complexity index is 1020. The van der Waals surface area contributed by atoms with Crippen molar-refractivity contribution in [3.8, 4) is 0 Å². The number of aryl methyl sites for hydroxylation is 2. The molecule has 4 rings (SSSR count). The molecule has 4 heterocycles. The highest BCUT2D eigenvalue weighted by Gasteiger charge is 2.30. The van der Waals surface area contributed by atoms with Gasteiger partial charge >= 0.3 is 0 Å². The van der Waals surface area contributed by atoms with Crippen molar-refractivity contribution >= 4 is 11.7 Å². The maximum absolute atomic E-state index is 13.3. The van der Waals surface area contributed by atoms with E-state index >= 15 is 0 Å². The molecule has 2 aromatic rings. The van der Waals surface area contributed by atoms with Crippen LogP contribution >= 0.6 is 0 Å². The molecule has 2 aromatic heterocycles. The zero-order valence-electron chi connectivity index (χ0n) is 17.5. The second-order valence-electron chi connectivity index (χ2n) is 7.94. The first-order valence-electron chi connectivity index (χ1n) is 10.2. The minimum Gasteiger partial charge on any atom is -0.373 e. The Kier molecular flexibility index (Phi) is 5.12. The summed E-state index contributed by atoms with van der Waals surface area (Å²) in [6.45, 7) is 5.60. The van der Waals surface area contributed by atoms with E-state index in [0.29, 0.717) is 19.5 Å². The molecule has 2 aliphatic rings. The molecule has 0 saturated carbocycles. The van der Waals surface area contributed by atoms with E-state index in [2.05, 4.69) is 10.6 Å².